The van der Waals surface area contributed by atoms with Gasteiger partial charge in [-0.3, -0.25) is 24.6 Å². The molecule has 1 unspecified atom stereocenters. The first-order chi connectivity index (χ1) is 18.0. The van der Waals surface area contributed by atoms with Crippen LogP contribution in [0.15, 0.2) is 31.7 Å². The molecule has 0 aliphatic carbocycles. The molecule has 1 saturated heterocycles. The highest BCUT2D eigenvalue weighted by Gasteiger charge is 2.54. The zero-order valence-electron chi connectivity index (χ0n) is 18.7. The van der Waals surface area contributed by atoms with Crippen LogP contribution >= 0.6 is 46.2 Å². The number of carboxylic acids is 1. The summed E-state index contributed by atoms with van der Waals surface area (Å²) in [6.45, 7) is 0. The summed E-state index contributed by atoms with van der Waals surface area (Å²) >= 11 is 4.44. The molecule has 13 nitrogen and oxygen atoms in total. The van der Waals surface area contributed by atoms with Crippen LogP contribution in [0.1, 0.15) is 5.69 Å². The summed E-state index contributed by atoms with van der Waals surface area (Å²) in [5.74, 6) is -4.59. The summed E-state index contributed by atoms with van der Waals surface area (Å²) in [5.41, 5.74) is 1.20. The summed E-state index contributed by atoms with van der Waals surface area (Å²) in [4.78, 5) is 58.4. The van der Waals surface area contributed by atoms with Crippen LogP contribution in [0.2, 0.25) is 0 Å². The van der Waals surface area contributed by atoms with E-state index in [0.717, 1.165) is 12.0 Å². The molecule has 0 spiro atoms. The first-order valence-electron chi connectivity index (χ1n) is 10.1. The van der Waals surface area contributed by atoms with E-state index in [9.17, 15) is 37.5 Å². The summed E-state index contributed by atoms with van der Waals surface area (Å²) < 4.78 is 38.1. The van der Waals surface area contributed by atoms with Gasteiger partial charge in [-0.2, -0.15) is 13.2 Å². The molecule has 0 radical (unpaired) electrons. The highest BCUT2D eigenvalue weighted by Crippen LogP contribution is 2.41. The number of carbonyl (C=O) groups is 4. The second-order valence-electron chi connectivity index (χ2n) is 7.22. The van der Waals surface area contributed by atoms with Crippen LogP contribution < -0.4 is 10.6 Å². The molecule has 0 saturated carbocycles. The van der Waals surface area contributed by atoms with Crippen LogP contribution in [0.25, 0.3) is 0 Å². The Kier molecular flexibility index (Phi) is 8.23. The van der Waals surface area contributed by atoms with Crippen molar-refractivity contribution < 1.29 is 42.3 Å². The Morgan fingerprint density at radius 2 is 2.11 bits per heavy atom. The van der Waals surface area contributed by atoms with E-state index in [1.807, 2.05) is 0 Å². The summed E-state index contributed by atoms with van der Waals surface area (Å²) in [5, 5.41) is 25.0. The number of fused-ring (bicyclic) bond motifs is 1. The SMILES string of the molecule is CO/N=C(/C(=O)NC1C(=O)N2C(C(=O)O)=C(CSc3nncs3)CS[C@H]12)c1csc(NC(=O)C(F)(F)F)n1. The molecular weight excluding hydrogens is 596 g/mol. The largest absolute Gasteiger partial charge is 0.477 e. The lowest BCUT2D eigenvalue weighted by Gasteiger charge is -2.49. The third kappa shape index (κ3) is 5.76. The van der Waals surface area contributed by atoms with Gasteiger partial charge in [0.15, 0.2) is 15.2 Å². The van der Waals surface area contributed by atoms with Crippen molar-refractivity contribution in [2.24, 2.45) is 5.16 Å². The van der Waals surface area contributed by atoms with Gasteiger partial charge in [0.05, 0.1) is 0 Å². The topological polar surface area (TPSA) is 176 Å². The molecule has 0 aromatic carbocycles. The number of thiazole rings is 1. The Hall–Kier alpha value is -3.23. The van der Waals surface area contributed by atoms with Crippen LogP contribution in [0.4, 0.5) is 18.3 Å². The molecule has 4 heterocycles. The van der Waals surface area contributed by atoms with E-state index >= 15 is 0 Å². The lowest BCUT2D eigenvalue weighted by Crippen LogP contribution is -2.71. The number of carboxylic acid groups (broad SMARTS) is 1. The highest BCUT2D eigenvalue weighted by atomic mass is 32.2. The molecular formula is C18H14F3N7O6S4. The normalized spacial score (nSPS) is 19.5. The average molecular weight is 610 g/mol. The van der Waals surface area contributed by atoms with Gasteiger partial charge < -0.3 is 15.3 Å². The number of hydrogen-bond donors (Lipinski definition) is 3. The van der Waals surface area contributed by atoms with Gasteiger partial charge in [-0.15, -0.1) is 33.3 Å². The Balaban J connectivity index is 1.46. The van der Waals surface area contributed by atoms with Crippen molar-refractivity contribution >= 4 is 80.7 Å². The third-order valence-corrected chi connectivity index (χ3v) is 8.91. The second kappa shape index (κ2) is 11.3. The van der Waals surface area contributed by atoms with Gasteiger partial charge in [0, 0.05) is 16.9 Å². The molecule has 1 fully saturated rings. The molecule has 2 aliphatic heterocycles. The number of amides is 3. The van der Waals surface area contributed by atoms with Crippen LogP contribution in [-0.4, -0.2) is 90.8 Å². The molecule has 2 atom stereocenters. The molecule has 2 aromatic heterocycles. The number of anilines is 1. The van der Waals surface area contributed by atoms with Crippen LogP contribution in [0.5, 0.6) is 0 Å². The minimum Gasteiger partial charge on any atom is -0.477 e. The first-order valence-corrected chi connectivity index (χ1v) is 13.9. The highest BCUT2D eigenvalue weighted by molar-refractivity contribution is 8.01. The number of thioether (sulfide) groups is 2. The zero-order chi connectivity index (χ0) is 27.6. The zero-order valence-corrected chi connectivity index (χ0v) is 22.0. The third-order valence-electron chi connectivity index (χ3n) is 4.87. The van der Waals surface area contributed by atoms with Gasteiger partial charge in [0.1, 0.15) is 35.4 Å². The maximum atomic E-state index is 12.9. The number of aliphatic carboxylic acids is 1. The standard InChI is InChI=1S/C18H14F3N7O6S4/c1-34-27-8(7-4-36-16(23-7)25-15(33)18(19,20)21)11(29)24-9-12(30)28-10(14(31)32)6(2-35-13(9)28)3-37-17-26-22-5-38-17/h4-5,9,13H,2-3H2,1H3,(H,24,29)(H,31,32)(H,23,25,33)/b27-8+/t9?,13-/m1/s1. The molecule has 4 rings (SSSR count). The molecule has 2 aliphatic rings. The Labute approximate surface area is 226 Å². The van der Waals surface area contributed by atoms with E-state index in [1.165, 1.54) is 40.2 Å². The van der Waals surface area contributed by atoms with Crippen molar-refractivity contribution in [1.29, 1.82) is 0 Å². The molecule has 3 amide bonds. The Morgan fingerprint density at radius 3 is 2.74 bits per heavy atom. The number of β-lactam (4-membered cyclic amide) rings is 1. The Bertz CT molecular complexity index is 1330. The molecule has 202 valence electrons. The predicted molar refractivity (Wildman–Crippen MR) is 131 cm³/mol. The number of hydrogen-bond acceptors (Lipinski definition) is 13. The van der Waals surface area contributed by atoms with Crippen LogP contribution in [-0.2, 0) is 24.0 Å². The van der Waals surface area contributed by atoms with E-state index in [0.29, 0.717) is 21.2 Å². The van der Waals surface area contributed by atoms with Crippen molar-refractivity contribution in [2.45, 2.75) is 21.9 Å². The maximum absolute atomic E-state index is 12.9. The van der Waals surface area contributed by atoms with E-state index < -0.39 is 52.1 Å². The van der Waals surface area contributed by atoms with Gasteiger partial charge in [-0.1, -0.05) is 28.3 Å². The number of alkyl halides is 3. The van der Waals surface area contributed by atoms with E-state index in [2.05, 4.69) is 30.5 Å². The summed E-state index contributed by atoms with van der Waals surface area (Å²) in [6, 6.07) is -1.11. The molecule has 3 N–H and O–H groups in total. The maximum Gasteiger partial charge on any atom is 0.471 e. The quantitative estimate of drug-likeness (QED) is 0.162. The minimum atomic E-state index is -5.14. The molecule has 38 heavy (non-hydrogen) atoms. The smallest absolute Gasteiger partial charge is 0.471 e. The van der Waals surface area contributed by atoms with E-state index in [-0.39, 0.29) is 22.9 Å². The number of rotatable bonds is 9. The lowest BCUT2D eigenvalue weighted by atomic mass is 10.0. The summed E-state index contributed by atoms with van der Waals surface area (Å²) in [7, 11) is 1.12. The van der Waals surface area contributed by atoms with Gasteiger partial charge in [0.2, 0.25) is 0 Å². The average Bonchev–Trinajstić information content (AvgIpc) is 3.55. The number of nitrogens with one attached hydrogen (secondary N) is 2. The van der Waals surface area contributed by atoms with E-state index in [1.54, 1.807) is 10.8 Å². The fraction of sp³-hybridized carbons (Fsp3) is 0.333. The second-order valence-corrected chi connectivity index (χ2v) is 11.2. The minimum absolute atomic E-state index is 0.170. The van der Waals surface area contributed by atoms with Crippen LogP contribution in [0, 0.1) is 0 Å². The lowest BCUT2D eigenvalue weighted by molar-refractivity contribution is -0.167. The first kappa shape index (κ1) is 27.8. The Morgan fingerprint density at radius 1 is 1.34 bits per heavy atom. The predicted octanol–water partition coefficient (Wildman–Crippen LogP) is 1.38. The number of nitrogens with zero attached hydrogens (tertiary/aromatic N) is 5. The van der Waals surface area contributed by atoms with Crippen molar-refractivity contribution in [3.05, 3.63) is 27.9 Å². The van der Waals surface area contributed by atoms with Crippen LogP contribution in [0.3, 0.4) is 0 Å². The van der Waals surface area contributed by atoms with E-state index in [4.69, 9.17) is 0 Å². The van der Waals surface area contributed by atoms with Gasteiger partial charge in [0.25, 0.3) is 11.8 Å². The van der Waals surface area contributed by atoms with Crippen molar-refractivity contribution in [2.75, 3.05) is 23.9 Å². The molecule has 0 bridgehead atoms. The molecule has 20 heteroatoms. The molecule has 2 aromatic rings. The number of carbonyl (C=O) groups excluding carboxylic acids is 3. The van der Waals surface area contributed by atoms with Crippen molar-refractivity contribution in [3.8, 4) is 0 Å². The van der Waals surface area contributed by atoms with Crippen molar-refractivity contribution in [3.63, 3.8) is 0 Å². The fourth-order valence-corrected chi connectivity index (χ4v) is 6.95. The van der Waals surface area contributed by atoms with Gasteiger partial charge in [-0.25, -0.2) is 9.78 Å². The van der Waals surface area contributed by atoms with Gasteiger partial charge >= 0.3 is 18.1 Å². The fourth-order valence-electron chi connectivity index (χ4n) is 3.28. The summed E-state index contributed by atoms with van der Waals surface area (Å²) in [6.07, 6.45) is -5.14. The van der Waals surface area contributed by atoms with Crippen molar-refractivity contribution in [1.82, 2.24) is 25.4 Å². The van der Waals surface area contributed by atoms with Gasteiger partial charge in [-0.05, 0) is 5.57 Å². The number of aromatic nitrogens is 3. The number of oxime groups is 1. The number of halogens is 3. The monoisotopic (exact) mass is 609 g/mol.